The molecule has 4 heteroatoms. The van der Waals surface area contributed by atoms with Gasteiger partial charge in [0, 0.05) is 18.6 Å². The fourth-order valence-corrected chi connectivity index (χ4v) is 0.835. The van der Waals surface area contributed by atoms with Gasteiger partial charge in [0.05, 0.1) is 0 Å². The molecule has 0 aliphatic rings. The zero-order valence-corrected chi connectivity index (χ0v) is 8.32. The second-order valence-corrected chi connectivity index (χ2v) is 3.35. The van der Waals surface area contributed by atoms with Crippen molar-refractivity contribution in [3.63, 3.8) is 0 Å². The summed E-state index contributed by atoms with van der Waals surface area (Å²) in [5.74, 6) is -1.84. The summed E-state index contributed by atoms with van der Waals surface area (Å²) >= 11 is 0. The lowest BCUT2D eigenvalue weighted by molar-refractivity contribution is -0.150. The van der Waals surface area contributed by atoms with Crippen LogP contribution in [0.4, 0.5) is 0 Å². The maximum absolute atomic E-state index is 11.0. The maximum atomic E-state index is 11.0. The van der Waals surface area contributed by atoms with Crippen molar-refractivity contribution in [3.8, 4) is 0 Å². The predicted molar refractivity (Wildman–Crippen MR) is 51.8 cm³/mol. The molecule has 78 valence electrons. The van der Waals surface area contributed by atoms with Crippen molar-refractivity contribution in [2.45, 2.75) is 25.9 Å². The van der Waals surface area contributed by atoms with Crippen LogP contribution >= 0.6 is 0 Å². The van der Waals surface area contributed by atoms with Crippen LogP contribution in [-0.4, -0.2) is 22.6 Å². The Morgan fingerprint density at radius 2 is 2.00 bits per heavy atom. The van der Waals surface area contributed by atoms with Crippen molar-refractivity contribution in [2.75, 3.05) is 0 Å². The summed E-state index contributed by atoms with van der Waals surface area (Å²) in [7, 11) is 0. The van der Waals surface area contributed by atoms with Crippen LogP contribution in [0.25, 0.3) is 0 Å². The summed E-state index contributed by atoms with van der Waals surface area (Å²) < 4.78 is 4.97. The van der Waals surface area contributed by atoms with Crippen LogP contribution in [0.3, 0.4) is 0 Å². The van der Waals surface area contributed by atoms with Crippen molar-refractivity contribution in [1.82, 2.24) is 0 Å². The van der Waals surface area contributed by atoms with Crippen LogP contribution in [-0.2, 0) is 14.3 Å². The number of hydrogen-bond acceptors (Lipinski definition) is 3. The first kappa shape index (κ1) is 12.4. The number of rotatable bonds is 5. The number of ether oxygens (including phenoxy) is 1. The van der Waals surface area contributed by atoms with E-state index < -0.39 is 17.5 Å². The minimum Gasteiger partial charge on any atom is -0.478 e. The van der Waals surface area contributed by atoms with Gasteiger partial charge in [0.2, 0.25) is 0 Å². The molecule has 0 fully saturated rings. The SMILES string of the molecule is C=CCC(C)(C)OC(=O)C=CC(=O)O. The minimum absolute atomic E-state index is 0.514. The molecule has 0 heterocycles. The van der Waals surface area contributed by atoms with E-state index in [0.29, 0.717) is 6.42 Å². The Kier molecular flexibility index (Phi) is 4.63. The van der Waals surface area contributed by atoms with E-state index in [-0.39, 0.29) is 0 Å². The Hall–Kier alpha value is -1.58. The van der Waals surface area contributed by atoms with Gasteiger partial charge in [-0.15, -0.1) is 6.58 Å². The molecule has 0 radical (unpaired) electrons. The molecule has 0 aromatic heterocycles. The number of carboxylic acid groups (broad SMARTS) is 1. The van der Waals surface area contributed by atoms with E-state index in [4.69, 9.17) is 9.84 Å². The number of carbonyl (C=O) groups excluding carboxylic acids is 1. The lowest BCUT2D eigenvalue weighted by atomic mass is 10.1. The van der Waals surface area contributed by atoms with Crippen LogP contribution in [0, 0.1) is 0 Å². The molecule has 0 atom stereocenters. The lowest BCUT2D eigenvalue weighted by Gasteiger charge is -2.22. The summed E-state index contributed by atoms with van der Waals surface area (Å²) in [5.41, 5.74) is -0.651. The largest absolute Gasteiger partial charge is 0.478 e. The second-order valence-electron chi connectivity index (χ2n) is 3.35. The Balaban J connectivity index is 4.18. The van der Waals surface area contributed by atoms with Crippen LogP contribution in [0.1, 0.15) is 20.3 Å². The van der Waals surface area contributed by atoms with Crippen LogP contribution in [0.15, 0.2) is 24.8 Å². The predicted octanol–water partition coefficient (Wildman–Crippen LogP) is 1.53. The zero-order chi connectivity index (χ0) is 11.2. The topological polar surface area (TPSA) is 63.6 Å². The van der Waals surface area contributed by atoms with Crippen LogP contribution < -0.4 is 0 Å². The average molecular weight is 198 g/mol. The van der Waals surface area contributed by atoms with Gasteiger partial charge in [0.25, 0.3) is 0 Å². The standard InChI is InChI=1S/C10H14O4/c1-4-7-10(2,3)14-9(13)6-5-8(11)12/h4-6H,1,7H2,2-3H3,(H,11,12). The monoisotopic (exact) mass is 198 g/mol. The normalized spacial score (nSPS) is 11.3. The Morgan fingerprint density at radius 1 is 1.43 bits per heavy atom. The van der Waals surface area contributed by atoms with Gasteiger partial charge in [0.15, 0.2) is 0 Å². The zero-order valence-electron chi connectivity index (χ0n) is 8.32. The van der Waals surface area contributed by atoms with Crippen molar-refractivity contribution in [2.24, 2.45) is 0 Å². The third kappa shape index (κ3) is 5.99. The van der Waals surface area contributed by atoms with E-state index in [1.165, 1.54) is 0 Å². The van der Waals surface area contributed by atoms with Crippen molar-refractivity contribution in [1.29, 1.82) is 0 Å². The molecule has 0 saturated heterocycles. The molecule has 1 N–H and O–H groups in total. The lowest BCUT2D eigenvalue weighted by Crippen LogP contribution is -2.26. The summed E-state index contributed by atoms with van der Waals surface area (Å²) in [4.78, 5) is 21.1. The van der Waals surface area contributed by atoms with Crippen LogP contribution in [0.5, 0.6) is 0 Å². The Bertz CT molecular complexity index is 263. The van der Waals surface area contributed by atoms with Gasteiger partial charge in [-0.2, -0.15) is 0 Å². The maximum Gasteiger partial charge on any atom is 0.331 e. The fourth-order valence-electron chi connectivity index (χ4n) is 0.835. The number of hydrogen-bond donors (Lipinski definition) is 1. The van der Waals surface area contributed by atoms with Gasteiger partial charge in [-0.25, -0.2) is 9.59 Å². The molecule has 0 aliphatic heterocycles. The first-order chi connectivity index (χ1) is 6.37. The highest BCUT2D eigenvalue weighted by molar-refractivity contribution is 5.90. The second kappa shape index (κ2) is 5.21. The summed E-state index contributed by atoms with van der Waals surface area (Å²) in [6.45, 7) is 6.97. The number of aliphatic carboxylic acids is 1. The van der Waals surface area contributed by atoms with Gasteiger partial charge < -0.3 is 9.84 Å². The number of esters is 1. The highest BCUT2D eigenvalue weighted by Gasteiger charge is 2.19. The highest BCUT2D eigenvalue weighted by atomic mass is 16.6. The molecule has 4 nitrogen and oxygen atoms in total. The van der Waals surface area contributed by atoms with E-state index in [1.54, 1.807) is 19.9 Å². The Morgan fingerprint density at radius 3 is 2.43 bits per heavy atom. The smallest absolute Gasteiger partial charge is 0.331 e. The molecular formula is C10H14O4. The van der Waals surface area contributed by atoms with E-state index in [1.807, 2.05) is 0 Å². The van der Waals surface area contributed by atoms with Gasteiger partial charge in [0.1, 0.15) is 5.60 Å². The van der Waals surface area contributed by atoms with Gasteiger partial charge in [-0.05, 0) is 13.8 Å². The van der Waals surface area contributed by atoms with E-state index in [0.717, 1.165) is 12.2 Å². The molecule has 0 aliphatic carbocycles. The fraction of sp³-hybridized carbons (Fsp3) is 0.400. The molecule has 0 bridgehead atoms. The molecule has 0 unspecified atom stereocenters. The number of carbonyl (C=O) groups is 2. The van der Waals surface area contributed by atoms with Gasteiger partial charge >= 0.3 is 11.9 Å². The summed E-state index contributed by atoms with van der Waals surface area (Å²) in [6, 6.07) is 0. The Labute approximate surface area is 82.9 Å². The van der Waals surface area contributed by atoms with Gasteiger partial charge in [-0.3, -0.25) is 0 Å². The molecule has 14 heavy (non-hydrogen) atoms. The van der Waals surface area contributed by atoms with Gasteiger partial charge in [-0.1, -0.05) is 6.08 Å². The third-order valence-electron chi connectivity index (χ3n) is 1.37. The van der Waals surface area contributed by atoms with E-state index >= 15 is 0 Å². The first-order valence-corrected chi connectivity index (χ1v) is 4.12. The van der Waals surface area contributed by atoms with Crippen molar-refractivity contribution < 1.29 is 19.4 Å². The summed E-state index contributed by atoms with van der Waals surface area (Å²) in [6.07, 6.45) is 3.77. The van der Waals surface area contributed by atoms with Crippen molar-refractivity contribution >= 4 is 11.9 Å². The molecule has 0 spiro atoms. The molecule has 0 aromatic carbocycles. The van der Waals surface area contributed by atoms with E-state index in [2.05, 4.69) is 6.58 Å². The highest BCUT2D eigenvalue weighted by Crippen LogP contribution is 2.14. The molecule has 0 amide bonds. The minimum atomic E-state index is -1.18. The first-order valence-electron chi connectivity index (χ1n) is 4.12. The quantitative estimate of drug-likeness (QED) is 0.413. The van der Waals surface area contributed by atoms with Crippen LogP contribution in [0.2, 0.25) is 0 Å². The summed E-state index contributed by atoms with van der Waals surface area (Å²) in [5, 5.41) is 8.25. The molecular weight excluding hydrogens is 184 g/mol. The van der Waals surface area contributed by atoms with E-state index in [9.17, 15) is 9.59 Å². The average Bonchev–Trinajstić information content (AvgIpc) is 1.99. The third-order valence-corrected chi connectivity index (χ3v) is 1.37. The molecule has 0 saturated carbocycles. The number of carboxylic acids is 1. The van der Waals surface area contributed by atoms with Crippen molar-refractivity contribution in [3.05, 3.63) is 24.8 Å². The molecule has 0 aromatic rings. The molecule has 0 rings (SSSR count).